The lowest BCUT2D eigenvalue weighted by molar-refractivity contribution is -0.111. The number of carbonyl (C=O) groups excluding carboxylic acids is 1. The van der Waals surface area contributed by atoms with Crippen molar-refractivity contribution in [2.45, 2.75) is 12.8 Å². The van der Waals surface area contributed by atoms with Crippen molar-refractivity contribution >= 4 is 6.29 Å². The Kier molecular flexibility index (Phi) is 0.906. The maximum absolute atomic E-state index is 9.76. The minimum Gasteiger partial charge on any atom is -0.303 e. The predicted molar refractivity (Wildman–Crippen MR) is 23.1 cm³/mol. The van der Waals surface area contributed by atoms with Crippen molar-refractivity contribution in [2.24, 2.45) is 5.92 Å². The average Bonchev–Trinajstić information content (AvgIpc) is 1.31. The van der Waals surface area contributed by atoms with E-state index in [4.69, 9.17) is 0 Å². The third-order valence-corrected chi connectivity index (χ3v) is 1.14. The lowest BCUT2D eigenvalue weighted by Gasteiger charge is -2.16. The van der Waals surface area contributed by atoms with Gasteiger partial charge in [-0.3, -0.25) is 0 Å². The molecule has 0 N–H and O–H groups in total. The zero-order valence-corrected chi connectivity index (χ0v) is 3.55. The minimum atomic E-state index is 0.310. The molecule has 1 aliphatic carbocycles. The SMILES string of the molecule is O=CC1[CH]CC1. The standard InChI is InChI=1S/C5H7O/c6-4-5-2-1-3-5/h2,4-5H,1,3H2. The Morgan fingerprint density at radius 2 is 2.50 bits per heavy atom. The van der Waals surface area contributed by atoms with Crippen molar-refractivity contribution in [1.82, 2.24) is 0 Å². The summed E-state index contributed by atoms with van der Waals surface area (Å²) < 4.78 is 0. The van der Waals surface area contributed by atoms with Gasteiger partial charge in [-0.1, -0.05) is 0 Å². The Balaban J connectivity index is 2.16. The van der Waals surface area contributed by atoms with Gasteiger partial charge >= 0.3 is 0 Å². The molecule has 0 spiro atoms. The number of carbonyl (C=O) groups is 1. The molecule has 0 amide bonds. The summed E-state index contributed by atoms with van der Waals surface area (Å²) in [5.74, 6) is 0.310. The van der Waals surface area contributed by atoms with Crippen molar-refractivity contribution in [3.63, 3.8) is 0 Å². The van der Waals surface area contributed by atoms with Gasteiger partial charge in [0.25, 0.3) is 0 Å². The Labute approximate surface area is 37.4 Å². The summed E-state index contributed by atoms with van der Waals surface area (Å²) in [6.07, 6.45) is 5.27. The summed E-state index contributed by atoms with van der Waals surface area (Å²) in [6.45, 7) is 0. The van der Waals surface area contributed by atoms with Crippen molar-refractivity contribution in [2.75, 3.05) is 0 Å². The fourth-order valence-electron chi connectivity index (χ4n) is 0.483. The van der Waals surface area contributed by atoms with E-state index in [0.29, 0.717) is 5.92 Å². The van der Waals surface area contributed by atoms with Crippen LogP contribution in [0.1, 0.15) is 12.8 Å². The van der Waals surface area contributed by atoms with E-state index in [9.17, 15) is 4.79 Å². The van der Waals surface area contributed by atoms with Crippen LogP contribution >= 0.6 is 0 Å². The van der Waals surface area contributed by atoms with Crippen molar-refractivity contribution in [1.29, 1.82) is 0 Å². The van der Waals surface area contributed by atoms with Crippen LogP contribution in [0.3, 0.4) is 0 Å². The largest absolute Gasteiger partial charge is 0.303 e. The normalized spacial score (nSPS) is 22.7. The summed E-state index contributed by atoms with van der Waals surface area (Å²) in [7, 11) is 0. The first-order valence-corrected chi connectivity index (χ1v) is 2.22. The second-order valence-electron chi connectivity index (χ2n) is 1.61. The summed E-state index contributed by atoms with van der Waals surface area (Å²) >= 11 is 0. The molecule has 1 atom stereocenters. The molecule has 1 aliphatic rings. The first-order valence-electron chi connectivity index (χ1n) is 2.22. The molecule has 1 fully saturated rings. The first-order chi connectivity index (χ1) is 2.93. The highest BCUT2D eigenvalue weighted by atomic mass is 16.1. The molecule has 1 heteroatoms. The van der Waals surface area contributed by atoms with Gasteiger partial charge in [0.05, 0.1) is 0 Å². The highest BCUT2D eigenvalue weighted by Gasteiger charge is 2.15. The van der Waals surface area contributed by atoms with E-state index in [2.05, 4.69) is 0 Å². The predicted octanol–water partition coefficient (Wildman–Crippen LogP) is 0.800. The second kappa shape index (κ2) is 1.41. The fraction of sp³-hybridized carbons (Fsp3) is 0.600. The Morgan fingerprint density at radius 3 is 2.50 bits per heavy atom. The molecule has 1 nitrogen and oxygen atoms in total. The number of rotatable bonds is 1. The monoisotopic (exact) mass is 83.0 g/mol. The topological polar surface area (TPSA) is 17.1 Å². The molecule has 0 aliphatic heterocycles. The van der Waals surface area contributed by atoms with Crippen LogP contribution in [0.4, 0.5) is 0 Å². The smallest absolute Gasteiger partial charge is 0.123 e. The van der Waals surface area contributed by atoms with Gasteiger partial charge in [0, 0.05) is 5.92 Å². The van der Waals surface area contributed by atoms with Crippen LogP contribution in [0.15, 0.2) is 0 Å². The Morgan fingerprint density at radius 1 is 1.83 bits per heavy atom. The highest BCUT2D eigenvalue weighted by molar-refractivity contribution is 5.57. The van der Waals surface area contributed by atoms with Gasteiger partial charge in [-0.15, -0.1) is 0 Å². The van der Waals surface area contributed by atoms with Crippen molar-refractivity contribution < 1.29 is 4.79 Å². The van der Waals surface area contributed by atoms with Crippen LogP contribution in [-0.4, -0.2) is 6.29 Å². The molecule has 0 bridgehead atoms. The molecule has 0 aromatic heterocycles. The molecule has 0 saturated heterocycles. The van der Waals surface area contributed by atoms with Gasteiger partial charge in [0.1, 0.15) is 6.29 Å². The molecule has 1 rings (SSSR count). The summed E-state index contributed by atoms with van der Waals surface area (Å²) in [4.78, 5) is 9.76. The van der Waals surface area contributed by atoms with Crippen LogP contribution < -0.4 is 0 Å². The Bertz CT molecular complexity index is 55.0. The van der Waals surface area contributed by atoms with E-state index in [1.165, 1.54) is 0 Å². The van der Waals surface area contributed by atoms with Gasteiger partial charge in [-0.25, -0.2) is 0 Å². The molecule has 0 heterocycles. The van der Waals surface area contributed by atoms with Crippen LogP contribution in [0, 0.1) is 12.3 Å². The van der Waals surface area contributed by atoms with Crippen molar-refractivity contribution in [3.05, 3.63) is 6.42 Å². The van der Waals surface area contributed by atoms with Gasteiger partial charge in [0.15, 0.2) is 0 Å². The van der Waals surface area contributed by atoms with E-state index in [-0.39, 0.29) is 0 Å². The molecular weight excluding hydrogens is 76.1 g/mol. The number of hydrogen-bond acceptors (Lipinski definition) is 1. The van der Waals surface area contributed by atoms with Crippen LogP contribution in [0.2, 0.25) is 0 Å². The maximum atomic E-state index is 9.76. The zero-order chi connectivity index (χ0) is 4.41. The third kappa shape index (κ3) is 0.445. The second-order valence-corrected chi connectivity index (χ2v) is 1.61. The molecule has 0 aromatic carbocycles. The van der Waals surface area contributed by atoms with E-state index < -0.39 is 0 Å². The zero-order valence-electron chi connectivity index (χ0n) is 3.55. The molecule has 6 heavy (non-hydrogen) atoms. The molecule has 1 radical (unpaired) electrons. The quantitative estimate of drug-likeness (QED) is 0.428. The van der Waals surface area contributed by atoms with Crippen LogP contribution in [-0.2, 0) is 4.79 Å². The van der Waals surface area contributed by atoms with Gasteiger partial charge in [-0.05, 0) is 19.3 Å². The van der Waals surface area contributed by atoms with Crippen molar-refractivity contribution in [3.8, 4) is 0 Å². The molecule has 33 valence electrons. The minimum absolute atomic E-state index is 0.310. The summed E-state index contributed by atoms with van der Waals surface area (Å²) in [6, 6.07) is 0. The fourth-order valence-corrected chi connectivity index (χ4v) is 0.483. The van der Waals surface area contributed by atoms with Gasteiger partial charge in [0.2, 0.25) is 0 Å². The molecular formula is C5H7O. The number of hydrogen-bond donors (Lipinski definition) is 0. The lowest BCUT2D eigenvalue weighted by Crippen LogP contribution is -2.12. The molecule has 1 unspecified atom stereocenters. The maximum Gasteiger partial charge on any atom is 0.123 e. The molecule has 0 aromatic rings. The lowest BCUT2D eigenvalue weighted by atomic mass is 9.87. The average molecular weight is 83.1 g/mol. The van der Waals surface area contributed by atoms with Gasteiger partial charge in [-0.2, -0.15) is 0 Å². The number of aldehydes is 1. The molecule has 1 saturated carbocycles. The van der Waals surface area contributed by atoms with E-state index in [1.807, 2.05) is 6.42 Å². The van der Waals surface area contributed by atoms with E-state index >= 15 is 0 Å². The van der Waals surface area contributed by atoms with Gasteiger partial charge < -0.3 is 4.79 Å². The Hall–Kier alpha value is -0.330. The van der Waals surface area contributed by atoms with E-state index in [1.54, 1.807) is 0 Å². The highest BCUT2D eigenvalue weighted by Crippen LogP contribution is 2.21. The first kappa shape index (κ1) is 3.85. The van der Waals surface area contributed by atoms with E-state index in [0.717, 1.165) is 19.1 Å². The van der Waals surface area contributed by atoms with Crippen LogP contribution in [0.25, 0.3) is 0 Å². The van der Waals surface area contributed by atoms with Crippen LogP contribution in [0.5, 0.6) is 0 Å². The summed E-state index contributed by atoms with van der Waals surface area (Å²) in [5.41, 5.74) is 0. The third-order valence-electron chi connectivity index (χ3n) is 1.14. The summed E-state index contributed by atoms with van der Waals surface area (Å²) in [5, 5.41) is 0.